The average Bonchev–Trinajstić information content (AvgIpc) is 3.28. The molecule has 0 saturated heterocycles. The van der Waals surface area contributed by atoms with Crippen molar-refractivity contribution in [3.8, 4) is 0 Å². The van der Waals surface area contributed by atoms with Crippen LogP contribution in [-0.2, 0) is 28.6 Å². The Morgan fingerprint density at radius 1 is 0.302 bits per heavy atom. The zero-order valence-electron chi connectivity index (χ0n) is 42.4. The van der Waals surface area contributed by atoms with Crippen molar-refractivity contribution < 1.29 is 28.6 Å². The largest absolute Gasteiger partial charge is 0.462 e. The summed E-state index contributed by atoms with van der Waals surface area (Å²) in [4.78, 5) is 38.0. The van der Waals surface area contributed by atoms with Gasteiger partial charge >= 0.3 is 17.9 Å². The molecule has 0 amide bonds. The summed E-state index contributed by atoms with van der Waals surface area (Å²) in [6.07, 6.45) is 60.3. The van der Waals surface area contributed by atoms with Gasteiger partial charge in [-0.15, -0.1) is 0 Å². The summed E-state index contributed by atoms with van der Waals surface area (Å²) in [5.74, 6) is -0.881. The molecule has 0 aromatic rings. The van der Waals surface area contributed by atoms with Crippen LogP contribution in [0, 0.1) is 0 Å². The second kappa shape index (κ2) is 52.5. The van der Waals surface area contributed by atoms with E-state index in [1.807, 2.05) is 0 Å². The molecule has 1 unspecified atom stereocenters. The molecule has 63 heavy (non-hydrogen) atoms. The minimum atomic E-state index is -0.775. The van der Waals surface area contributed by atoms with Crippen LogP contribution < -0.4 is 0 Å². The minimum absolute atomic E-state index is 0.0742. The third-order valence-corrected chi connectivity index (χ3v) is 12.4. The Bertz CT molecular complexity index is 1020. The summed E-state index contributed by atoms with van der Waals surface area (Å²) < 4.78 is 16.8. The van der Waals surface area contributed by atoms with Crippen LogP contribution in [0.4, 0.5) is 0 Å². The lowest BCUT2D eigenvalue weighted by Gasteiger charge is -2.18. The van der Waals surface area contributed by atoms with Crippen molar-refractivity contribution in [2.45, 2.75) is 309 Å². The first kappa shape index (κ1) is 60.9. The van der Waals surface area contributed by atoms with Crippen LogP contribution in [0.2, 0.25) is 0 Å². The van der Waals surface area contributed by atoms with Gasteiger partial charge < -0.3 is 14.2 Å². The summed E-state index contributed by atoms with van der Waals surface area (Å²) >= 11 is 0. The van der Waals surface area contributed by atoms with Gasteiger partial charge in [0.25, 0.3) is 0 Å². The lowest BCUT2D eigenvalue weighted by Crippen LogP contribution is -2.30. The predicted molar refractivity (Wildman–Crippen MR) is 270 cm³/mol. The number of ether oxygens (including phenoxy) is 3. The van der Waals surface area contributed by atoms with Gasteiger partial charge in [-0.25, -0.2) is 0 Å². The van der Waals surface area contributed by atoms with E-state index >= 15 is 0 Å². The Kier molecular flexibility index (Phi) is 50.8. The molecule has 370 valence electrons. The molecule has 0 aromatic heterocycles. The topological polar surface area (TPSA) is 78.9 Å². The second-order valence-electron chi connectivity index (χ2n) is 18.8. The highest BCUT2D eigenvalue weighted by atomic mass is 16.6. The molecular weight excluding hydrogens is 781 g/mol. The third kappa shape index (κ3) is 50.7. The molecule has 0 rings (SSSR count). The fraction of sp³-hybridized carbons (Fsp3) is 0.877. The molecule has 0 aliphatic heterocycles. The lowest BCUT2D eigenvalue weighted by molar-refractivity contribution is -0.167. The first-order chi connectivity index (χ1) is 31.0. The molecule has 0 spiro atoms. The van der Waals surface area contributed by atoms with Crippen LogP contribution in [0.15, 0.2) is 24.3 Å². The van der Waals surface area contributed by atoms with Crippen molar-refractivity contribution in [1.29, 1.82) is 0 Å². The van der Waals surface area contributed by atoms with Gasteiger partial charge in [-0.2, -0.15) is 0 Å². The molecule has 0 bridgehead atoms. The summed E-state index contributed by atoms with van der Waals surface area (Å²) in [7, 11) is 0. The second-order valence-corrected chi connectivity index (χ2v) is 18.8. The van der Waals surface area contributed by atoms with E-state index in [0.29, 0.717) is 19.3 Å². The van der Waals surface area contributed by atoms with Gasteiger partial charge in [0.15, 0.2) is 6.10 Å². The predicted octanol–water partition coefficient (Wildman–Crippen LogP) is 18.3. The van der Waals surface area contributed by atoms with Gasteiger partial charge in [-0.3, -0.25) is 14.4 Å². The summed E-state index contributed by atoms with van der Waals surface area (Å²) in [5.41, 5.74) is 0. The van der Waals surface area contributed by atoms with Gasteiger partial charge in [0.1, 0.15) is 13.2 Å². The quantitative estimate of drug-likeness (QED) is 0.0262. The van der Waals surface area contributed by atoms with E-state index in [9.17, 15) is 14.4 Å². The smallest absolute Gasteiger partial charge is 0.306 e. The lowest BCUT2D eigenvalue weighted by atomic mass is 10.0. The fourth-order valence-electron chi connectivity index (χ4n) is 8.18. The molecule has 0 aliphatic rings. The molecule has 0 fully saturated rings. The molecular formula is C57H106O6. The number of hydrogen-bond donors (Lipinski definition) is 0. The number of unbranched alkanes of at least 4 members (excludes halogenated alkanes) is 36. The minimum Gasteiger partial charge on any atom is -0.462 e. The van der Waals surface area contributed by atoms with Crippen LogP contribution in [0.1, 0.15) is 303 Å². The first-order valence-electron chi connectivity index (χ1n) is 27.8. The Labute approximate surface area is 392 Å². The van der Waals surface area contributed by atoms with E-state index in [1.165, 1.54) is 180 Å². The Morgan fingerprint density at radius 3 is 0.841 bits per heavy atom. The Hall–Kier alpha value is -2.11. The maximum Gasteiger partial charge on any atom is 0.306 e. The number of esters is 3. The molecule has 0 heterocycles. The summed E-state index contributed by atoms with van der Waals surface area (Å²) in [6.45, 7) is 6.62. The van der Waals surface area contributed by atoms with Crippen LogP contribution in [0.3, 0.4) is 0 Å². The van der Waals surface area contributed by atoms with E-state index in [2.05, 4.69) is 45.1 Å². The van der Waals surface area contributed by atoms with Crippen molar-refractivity contribution >= 4 is 17.9 Å². The molecule has 0 saturated carbocycles. The summed E-state index contributed by atoms with van der Waals surface area (Å²) in [5, 5.41) is 0. The van der Waals surface area contributed by atoms with E-state index in [4.69, 9.17) is 14.2 Å². The molecule has 6 nitrogen and oxygen atoms in total. The van der Waals surface area contributed by atoms with E-state index < -0.39 is 6.10 Å². The van der Waals surface area contributed by atoms with Crippen molar-refractivity contribution in [2.24, 2.45) is 0 Å². The van der Waals surface area contributed by atoms with Crippen LogP contribution in [0.5, 0.6) is 0 Å². The highest BCUT2D eigenvalue weighted by Gasteiger charge is 2.19. The molecule has 0 aromatic carbocycles. The van der Waals surface area contributed by atoms with Gasteiger partial charge in [-0.05, 0) is 64.2 Å². The standard InChI is InChI=1S/C57H106O6/c1-4-7-10-13-16-19-22-24-26-28-29-30-32-33-35-38-41-44-47-50-56(59)62-53-54(52-61-55(58)49-46-43-40-37-21-18-15-12-9-6-3)63-57(60)51-48-45-42-39-36-34-31-27-25-23-20-17-14-11-8-5-2/h15,18,27,31,54H,4-14,16-17,19-26,28-30,32-53H2,1-3H3/b18-15-,31-27-. The molecule has 6 heteroatoms. The van der Waals surface area contributed by atoms with Crippen molar-refractivity contribution in [3.05, 3.63) is 24.3 Å². The van der Waals surface area contributed by atoms with Gasteiger partial charge in [0, 0.05) is 19.3 Å². The molecule has 1 atom stereocenters. The van der Waals surface area contributed by atoms with Crippen LogP contribution in [0.25, 0.3) is 0 Å². The van der Waals surface area contributed by atoms with E-state index in [-0.39, 0.29) is 31.1 Å². The number of rotatable bonds is 51. The van der Waals surface area contributed by atoms with Crippen molar-refractivity contribution in [2.75, 3.05) is 13.2 Å². The van der Waals surface area contributed by atoms with Crippen LogP contribution in [-0.4, -0.2) is 37.2 Å². The van der Waals surface area contributed by atoms with Crippen LogP contribution >= 0.6 is 0 Å². The monoisotopic (exact) mass is 887 g/mol. The highest BCUT2D eigenvalue weighted by molar-refractivity contribution is 5.71. The highest BCUT2D eigenvalue weighted by Crippen LogP contribution is 2.16. The normalized spacial score (nSPS) is 12.1. The van der Waals surface area contributed by atoms with Crippen molar-refractivity contribution in [3.63, 3.8) is 0 Å². The maximum atomic E-state index is 12.8. The van der Waals surface area contributed by atoms with Gasteiger partial charge in [0.05, 0.1) is 0 Å². The number of allylic oxidation sites excluding steroid dienone is 4. The molecule has 0 aliphatic carbocycles. The third-order valence-electron chi connectivity index (χ3n) is 12.4. The average molecular weight is 887 g/mol. The maximum absolute atomic E-state index is 12.8. The van der Waals surface area contributed by atoms with Crippen molar-refractivity contribution in [1.82, 2.24) is 0 Å². The van der Waals surface area contributed by atoms with E-state index in [0.717, 1.165) is 83.5 Å². The zero-order valence-corrected chi connectivity index (χ0v) is 42.4. The Morgan fingerprint density at radius 2 is 0.540 bits per heavy atom. The number of carbonyl (C=O) groups is 3. The molecule has 0 radical (unpaired) electrons. The molecule has 0 N–H and O–H groups in total. The Balaban J connectivity index is 4.28. The SMILES string of the molecule is CCCC/C=C\CCCCCCC(=O)OCC(COC(=O)CCCCCCCCCCCCCCCCCCCCC)OC(=O)CCCCCCC/C=C\CCCCCCCCC. The first-order valence-corrected chi connectivity index (χ1v) is 27.8. The number of carbonyl (C=O) groups excluding carboxylic acids is 3. The van der Waals surface area contributed by atoms with E-state index in [1.54, 1.807) is 0 Å². The van der Waals surface area contributed by atoms with Gasteiger partial charge in [0.2, 0.25) is 0 Å². The van der Waals surface area contributed by atoms with Gasteiger partial charge in [-0.1, -0.05) is 244 Å². The zero-order chi connectivity index (χ0) is 45.8. The summed E-state index contributed by atoms with van der Waals surface area (Å²) in [6, 6.07) is 0. The fourth-order valence-corrected chi connectivity index (χ4v) is 8.18. The number of hydrogen-bond acceptors (Lipinski definition) is 6.